The van der Waals surface area contributed by atoms with Crippen LogP contribution in [0.2, 0.25) is 0 Å². The van der Waals surface area contributed by atoms with Gasteiger partial charge < -0.3 is 4.74 Å². The van der Waals surface area contributed by atoms with E-state index in [0.29, 0.717) is 4.47 Å². The molecule has 0 aliphatic carbocycles. The van der Waals surface area contributed by atoms with Gasteiger partial charge in [0.05, 0.1) is 0 Å². The number of benzene rings is 1. The van der Waals surface area contributed by atoms with Gasteiger partial charge in [-0.25, -0.2) is 0 Å². The van der Waals surface area contributed by atoms with Crippen LogP contribution in [-0.4, -0.2) is 19.4 Å². The molecule has 0 atom stereocenters. The molecule has 0 unspecified atom stereocenters. The summed E-state index contributed by atoms with van der Waals surface area (Å²) in [4.78, 5) is 4.17. The van der Waals surface area contributed by atoms with E-state index >= 15 is 0 Å². The lowest BCUT2D eigenvalue weighted by atomic mass is 10.2. The molecule has 0 fully saturated rings. The van der Waals surface area contributed by atoms with E-state index in [1.807, 2.05) is 5.48 Å². The van der Waals surface area contributed by atoms with Crippen LogP contribution in [-0.2, 0) is 11.4 Å². The Balaban J connectivity index is 2.58. The Hall–Kier alpha value is -0.930. The molecule has 0 amide bonds. The highest BCUT2D eigenvalue weighted by Crippen LogP contribution is 2.24. The van der Waals surface area contributed by atoms with Gasteiger partial charge in [0.2, 0.25) is 0 Å². The highest BCUT2D eigenvalue weighted by Gasteiger charge is 2.27. The van der Waals surface area contributed by atoms with Crippen molar-refractivity contribution < 1.29 is 31.5 Å². The lowest BCUT2D eigenvalue weighted by Gasteiger charge is -2.12. The maximum absolute atomic E-state index is 12.1. The first-order valence-electron chi connectivity index (χ1n) is 4.92. The summed E-state index contributed by atoms with van der Waals surface area (Å²) in [6, 6.07) is 4.18. The average molecular weight is 350 g/mol. The molecule has 108 valence electrons. The Morgan fingerprint density at radius 2 is 1.95 bits per heavy atom. The molecular weight excluding hydrogens is 341 g/mol. The maximum Gasteiger partial charge on any atom is 0.413 e. The van der Waals surface area contributed by atoms with Crippen molar-refractivity contribution in [2.75, 3.05) is 6.61 Å². The Labute approximate surface area is 113 Å². The van der Waals surface area contributed by atoms with Gasteiger partial charge >= 0.3 is 12.8 Å². The van der Waals surface area contributed by atoms with Crippen LogP contribution < -0.4 is 10.2 Å². The number of hydroxylamine groups is 1. The van der Waals surface area contributed by atoms with E-state index in [0.717, 1.165) is 0 Å². The minimum Gasteiger partial charge on any atom is -0.434 e. The van der Waals surface area contributed by atoms with Crippen molar-refractivity contribution in [3.63, 3.8) is 0 Å². The minimum absolute atomic E-state index is 0.138. The normalized spacial score (nSPS) is 11.9. The summed E-state index contributed by atoms with van der Waals surface area (Å²) in [5.74, 6) is -0.138. The quantitative estimate of drug-likeness (QED) is 0.483. The Kier molecular flexibility index (Phi) is 5.95. The van der Waals surface area contributed by atoms with Crippen molar-refractivity contribution >= 4 is 15.9 Å². The highest BCUT2D eigenvalue weighted by molar-refractivity contribution is 9.10. The van der Waals surface area contributed by atoms with Crippen LogP contribution in [0.3, 0.4) is 0 Å². The third kappa shape index (κ3) is 6.69. The second kappa shape index (κ2) is 7.01. The Morgan fingerprint density at radius 1 is 1.26 bits per heavy atom. The highest BCUT2D eigenvalue weighted by atomic mass is 79.9. The van der Waals surface area contributed by atoms with Gasteiger partial charge in [-0.1, -0.05) is 15.9 Å². The summed E-state index contributed by atoms with van der Waals surface area (Å²) in [7, 11) is 0. The van der Waals surface area contributed by atoms with Gasteiger partial charge in [0.1, 0.15) is 5.75 Å². The van der Waals surface area contributed by atoms with Gasteiger partial charge in [-0.2, -0.15) is 27.4 Å². The van der Waals surface area contributed by atoms with E-state index in [2.05, 4.69) is 25.5 Å². The lowest BCUT2D eigenvalue weighted by Crippen LogP contribution is -2.24. The van der Waals surface area contributed by atoms with Crippen molar-refractivity contribution in [3.8, 4) is 5.75 Å². The average Bonchev–Trinajstić information content (AvgIpc) is 2.26. The van der Waals surface area contributed by atoms with Gasteiger partial charge in [0.25, 0.3) is 0 Å². The van der Waals surface area contributed by atoms with Crippen LogP contribution in [0.15, 0.2) is 22.7 Å². The third-order valence-corrected chi connectivity index (χ3v) is 2.33. The zero-order chi connectivity index (χ0) is 14.5. The number of ether oxygens (including phenoxy) is 1. The first kappa shape index (κ1) is 16.1. The van der Waals surface area contributed by atoms with E-state index in [9.17, 15) is 22.0 Å². The van der Waals surface area contributed by atoms with Crippen molar-refractivity contribution in [2.45, 2.75) is 19.3 Å². The molecule has 0 aromatic heterocycles. The van der Waals surface area contributed by atoms with Crippen LogP contribution in [0.1, 0.15) is 5.56 Å². The van der Waals surface area contributed by atoms with Crippen LogP contribution >= 0.6 is 15.9 Å². The molecule has 19 heavy (non-hydrogen) atoms. The zero-order valence-corrected chi connectivity index (χ0v) is 10.9. The molecule has 0 spiro atoms. The van der Waals surface area contributed by atoms with Gasteiger partial charge in [-0.05, 0) is 18.2 Å². The predicted molar refractivity (Wildman–Crippen MR) is 59.6 cm³/mol. The number of rotatable bonds is 6. The predicted octanol–water partition coefficient (Wildman–Crippen LogP) is 3.63. The van der Waals surface area contributed by atoms with Crippen LogP contribution in [0.5, 0.6) is 5.75 Å². The van der Waals surface area contributed by atoms with Gasteiger partial charge in [-0.3, -0.25) is 4.84 Å². The summed E-state index contributed by atoms with van der Waals surface area (Å²) in [5, 5.41) is 0. The van der Waals surface area contributed by atoms with Crippen molar-refractivity contribution in [3.05, 3.63) is 28.2 Å². The lowest BCUT2D eigenvalue weighted by molar-refractivity contribution is -0.190. The van der Waals surface area contributed by atoms with Gasteiger partial charge in [0.15, 0.2) is 6.61 Å². The van der Waals surface area contributed by atoms with Crippen molar-refractivity contribution in [1.29, 1.82) is 0 Å². The second-order valence-electron chi connectivity index (χ2n) is 3.36. The summed E-state index contributed by atoms with van der Waals surface area (Å²) < 4.78 is 64.4. The first-order valence-corrected chi connectivity index (χ1v) is 5.72. The second-order valence-corrected chi connectivity index (χ2v) is 4.27. The van der Waals surface area contributed by atoms with E-state index < -0.39 is 19.4 Å². The SMILES string of the molecule is FC(F)Oc1ccc(Br)cc1CNOCC(F)(F)F. The third-order valence-electron chi connectivity index (χ3n) is 1.84. The number of hydrogen-bond acceptors (Lipinski definition) is 3. The summed E-state index contributed by atoms with van der Waals surface area (Å²) in [5.41, 5.74) is 2.27. The first-order chi connectivity index (χ1) is 8.78. The Morgan fingerprint density at radius 3 is 2.53 bits per heavy atom. The molecule has 3 nitrogen and oxygen atoms in total. The summed E-state index contributed by atoms with van der Waals surface area (Å²) >= 11 is 3.11. The topological polar surface area (TPSA) is 30.5 Å². The van der Waals surface area contributed by atoms with Gasteiger partial charge in [-0.15, -0.1) is 0 Å². The molecule has 0 aliphatic rings. The fourth-order valence-corrected chi connectivity index (χ4v) is 1.57. The van der Waals surface area contributed by atoms with Crippen LogP contribution in [0.4, 0.5) is 22.0 Å². The Bertz CT molecular complexity index is 413. The monoisotopic (exact) mass is 349 g/mol. The zero-order valence-electron chi connectivity index (χ0n) is 9.31. The minimum atomic E-state index is -4.47. The van der Waals surface area contributed by atoms with Crippen LogP contribution in [0.25, 0.3) is 0 Å². The van der Waals surface area contributed by atoms with Crippen molar-refractivity contribution in [1.82, 2.24) is 5.48 Å². The van der Waals surface area contributed by atoms with Gasteiger partial charge in [0, 0.05) is 16.6 Å². The molecular formula is C10H9BrF5NO2. The smallest absolute Gasteiger partial charge is 0.413 e. The molecule has 0 saturated heterocycles. The molecule has 0 saturated carbocycles. The molecule has 0 radical (unpaired) electrons. The van der Waals surface area contributed by atoms with E-state index in [-0.39, 0.29) is 17.9 Å². The number of nitrogens with one attached hydrogen (secondary N) is 1. The fourth-order valence-electron chi connectivity index (χ4n) is 1.16. The fraction of sp³-hybridized carbons (Fsp3) is 0.400. The molecule has 1 aromatic rings. The molecule has 1 rings (SSSR count). The number of alkyl halides is 5. The molecule has 1 N–H and O–H groups in total. The molecule has 0 aliphatic heterocycles. The molecule has 0 bridgehead atoms. The molecule has 9 heteroatoms. The number of halogens is 6. The number of hydrogen-bond donors (Lipinski definition) is 1. The molecule has 0 heterocycles. The van der Waals surface area contributed by atoms with E-state index in [4.69, 9.17) is 0 Å². The summed E-state index contributed by atoms with van der Waals surface area (Å²) in [6.07, 6.45) is -4.47. The van der Waals surface area contributed by atoms with E-state index in [1.165, 1.54) is 18.2 Å². The van der Waals surface area contributed by atoms with Crippen LogP contribution in [0, 0.1) is 0 Å². The standard InChI is InChI=1S/C10H9BrF5NO2/c11-7-1-2-8(19-9(12)13)6(3-7)4-17-18-5-10(14,15)16/h1-3,9,17H,4-5H2. The molecule has 1 aromatic carbocycles. The summed E-state index contributed by atoms with van der Waals surface area (Å²) in [6.45, 7) is -4.71. The maximum atomic E-state index is 12.1. The largest absolute Gasteiger partial charge is 0.434 e. The van der Waals surface area contributed by atoms with E-state index in [1.54, 1.807) is 0 Å². The van der Waals surface area contributed by atoms with Crippen molar-refractivity contribution in [2.24, 2.45) is 0 Å².